The second-order valence-corrected chi connectivity index (χ2v) is 7.02. The summed E-state index contributed by atoms with van der Waals surface area (Å²) in [6, 6.07) is 18.9. The third-order valence-electron chi connectivity index (χ3n) is 5.22. The van der Waals surface area contributed by atoms with Crippen LogP contribution in [0.15, 0.2) is 60.7 Å². The van der Waals surface area contributed by atoms with Gasteiger partial charge in [0.2, 0.25) is 0 Å². The Morgan fingerprint density at radius 1 is 1.08 bits per heavy atom. The maximum absolute atomic E-state index is 6.33. The maximum Gasteiger partial charge on any atom is 0.126 e. The lowest BCUT2D eigenvalue weighted by molar-refractivity contribution is -0.0328. The first-order chi connectivity index (χ1) is 12.3. The molecule has 2 aromatic rings. The van der Waals surface area contributed by atoms with E-state index in [1.807, 2.05) is 12.1 Å². The molecule has 0 aromatic heterocycles. The summed E-state index contributed by atoms with van der Waals surface area (Å²) < 4.78 is 11.9. The number of hydrogen-bond acceptors (Lipinski definition) is 3. The highest BCUT2D eigenvalue weighted by Crippen LogP contribution is 2.38. The van der Waals surface area contributed by atoms with Gasteiger partial charge in [-0.2, -0.15) is 0 Å². The number of benzene rings is 2. The van der Waals surface area contributed by atoms with Gasteiger partial charge in [-0.1, -0.05) is 48.5 Å². The number of methoxy groups -OCH3 is 1. The summed E-state index contributed by atoms with van der Waals surface area (Å²) >= 11 is 0. The Hall–Kier alpha value is -2.10. The average molecular weight is 335 g/mol. The number of piperidine rings is 1. The fraction of sp³-hybridized carbons (Fsp3) is 0.364. The van der Waals surface area contributed by atoms with Gasteiger partial charge < -0.3 is 9.47 Å². The molecule has 1 fully saturated rings. The van der Waals surface area contributed by atoms with E-state index in [0.29, 0.717) is 6.61 Å². The van der Waals surface area contributed by atoms with Crippen molar-refractivity contribution in [3.8, 4) is 5.75 Å². The molecule has 0 aliphatic carbocycles. The molecule has 0 N–H and O–H groups in total. The molecule has 25 heavy (non-hydrogen) atoms. The minimum Gasteiger partial charge on any atom is -0.496 e. The molecule has 3 heteroatoms. The molecule has 2 aromatic carbocycles. The van der Waals surface area contributed by atoms with Crippen LogP contribution in [-0.2, 0) is 11.3 Å². The van der Waals surface area contributed by atoms with Gasteiger partial charge in [0, 0.05) is 18.7 Å². The van der Waals surface area contributed by atoms with Gasteiger partial charge in [-0.3, -0.25) is 4.90 Å². The fourth-order valence-electron chi connectivity index (χ4n) is 4.04. The Morgan fingerprint density at radius 3 is 2.72 bits per heavy atom. The highest BCUT2D eigenvalue weighted by atomic mass is 16.5. The van der Waals surface area contributed by atoms with Gasteiger partial charge in [0.25, 0.3) is 0 Å². The molecule has 0 saturated carbocycles. The standard InChI is InChI=1S/C22H25NO2/c1-24-21-11-6-5-10-20(21)19-14-22(25-16-19)12-7-13-23(17-22)15-18-8-3-2-4-9-18/h2-6,8-11,14H,7,12-13,15-17H2,1H3. The van der Waals surface area contributed by atoms with Crippen LogP contribution < -0.4 is 4.74 Å². The summed E-state index contributed by atoms with van der Waals surface area (Å²) in [5, 5.41) is 0. The zero-order valence-corrected chi connectivity index (χ0v) is 14.8. The summed E-state index contributed by atoms with van der Waals surface area (Å²) in [7, 11) is 1.73. The third-order valence-corrected chi connectivity index (χ3v) is 5.22. The van der Waals surface area contributed by atoms with E-state index < -0.39 is 0 Å². The number of hydrogen-bond donors (Lipinski definition) is 0. The van der Waals surface area contributed by atoms with Crippen LogP contribution in [0, 0.1) is 0 Å². The quantitative estimate of drug-likeness (QED) is 0.838. The van der Waals surface area contributed by atoms with Crippen molar-refractivity contribution in [2.75, 3.05) is 26.8 Å². The van der Waals surface area contributed by atoms with Crippen LogP contribution in [0.5, 0.6) is 5.75 Å². The van der Waals surface area contributed by atoms with Crippen molar-refractivity contribution in [3.05, 3.63) is 71.8 Å². The normalized spacial score (nSPS) is 23.6. The van der Waals surface area contributed by atoms with Crippen LogP contribution in [-0.4, -0.2) is 37.3 Å². The van der Waals surface area contributed by atoms with E-state index in [9.17, 15) is 0 Å². The van der Waals surface area contributed by atoms with Crippen molar-refractivity contribution in [3.63, 3.8) is 0 Å². The monoisotopic (exact) mass is 335 g/mol. The number of nitrogens with zero attached hydrogens (tertiary/aromatic N) is 1. The topological polar surface area (TPSA) is 21.7 Å². The van der Waals surface area contributed by atoms with E-state index in [4.69, 9.17) is 9.47 Å². The second kappa shape index (κ2) is 7.03. The first kappa shape index (κ1) is 16.4. The molecule has 1 unspecified atom stereocenters. The molecule has 1 spiro atoms. The van der Waals surface area contributed by atoms with Gasteiger partial charge in [0.05, 0.1) is 13.7 Å². The lowest BCUT2D eigenvalue weighted by Gasteiger charge is -2.38. The molecule has 3 nitrogen and oxygen atoms in total. The van der Waals surface area contributed by atoms with E-state index >= 15 is 0 Å². The molecule has 1 saturated heterocycles. The van der Waals surface area contributed by atoms with Crippen LogP contribution in [0.2, 0.25) is 0 Å². The Balaban J connectivity index is 1.53. The minimum absolute atomic E-state index is 0.150. The van der Waals surface area contributed by atoms with E-state index in [1.54, 1.807) is 7.11 Å². The van der Waals surface area contributed by atoms with Crippen LogP contribution in [0.3, 0.4) is 0 Å². The third kappa shape index (κ3) is 3.48. The summed E-state index contributed by atoms with van der Waals surface area (Å²) in [4.78, 5) is 2.51. The van der Waals surface area contributed by atoms with Crippen LogP contribution in [0.25, 0.3) is 5.57 Å². The van der Waals surface area contributed by atoms with Crippen LogP contribution in [0.1, 0.15) is 24.0 Å². The van der Waals surface area contributed by atoms with Crippen LogP contribution in [0.4, 0.5) is 0 Å². The highest BCUT2D eigenvalue weighted by Gasteiger charge is 2.39. The predicted molar refractivity (Wildman–Crippen MR) is 101 cm³/mol. The first-order valence-electron chi connectivity index (χ1n) is 9.03. The van der Waals surface area contributed by atoms with Crippen molar-refractivity contribution in [2.24, 2.45) is 0 Å². The lowest BCUT2D eigenvalue weighted by atomic mass is 9.90. The molecular weight excluding hydrogens is 310 g/mol. The zero-order valence-electron chi connectivity index (χ0n) is 14.8. The number of para-hydroxylation sites is 1. The Labute approximate surface area is 149 Å². The molecule has 1 atom stereocenters. The van der Waals surface area contributed by atoms with E-state index in [1.165, 1.54) is 17.6 Å². The van der Waals surface area contributed by atoms with E-state index in [0.717, 1.165) is 37.4 Å². The summed E-state index contributed by atoms with van der Waals surface area (Å²) in [6.07, 6.45) is 4.61. The molecule has 2 heterocycles. The van der Waals surface area contributed by atoms with Crippen molar-refractivity contribution in [1.29, 1.82) is 0 Å². The largest absolute Gasteiger partial charge is 0.496 e. The molecule has 0 bridgehead atoms. The fourth-order valence-corrected chi connectivity index (χ4v) is 4.04. The first-order valence-corrected chi connectivity index (χ1v) is 9.03. The molecular formula is C22H25NO2. The van der Waals surface area contributed by atoms with Gasteiger partial charge in [0.15, 0.2) is 0 Å². The van der Waals surface area contributed by atoms with Crippen molar-refractivity contribution in [1.82, 2.24) is 4.90 Å². The smallest absolute Gasteiger partial charge is 0.126 e. The van der Waals surface area contributed by atoms with Crippen molar-refractivity contribution < 1.29 is 9.47 Å². The molecule has 0 radical (unpaired) electrons. The number of rotatable bonds is 4. The molecule has 2 aliphatic heterocycles. The van der Waals surface area contributed by atoms with Gasteiger partial charge in [-0.15, -0.1) is 0 Å². The molecule has 130 valence electrons. The zero-order chi connectivity index (χ0) is 17.1. The lowest BCUT2D eigenvalue weighted by Crippen LogP contribution is -2.46. The SMILES string of the molecule is COc1ccccc1C1=CC2(CCCN(Cc3ccccc3)C2)OC1. The highest BCUT2D eigenvalue weighted by molar-refractivity contribution is 5.73. The van der Waals surface area contributed by atoms with Gasteiger partial charge in [-0.05, 0) is 42.7 Å². The Kier molecular flexibility index (Phi) is 4.60. The average Bonchev–Trinajstić information content (AvgIpc) is 3.05. The summed E-state index contributed by atoms with van der Waals surface area (Å²) in [6.45, 7) is 3.75. The number of ether oxygens (including phenoxy) is 2. The second-order valence-electron chi connectivity index (χ2n) is 7.02. The Bertz CT molecular complexity index is 756. The van der Waals surface area contributed by atoms with Crippen molar-refractivity contribution >= 4 is 5.57 Å². The molecule has 0 amide bonds. The van der Waals surface area contributed by atoms with Gasteiger partial charge >= 0.3 is 0 Å². The van der Waals surface area contributed by atoms with E-state index in [2.05, 4.69) is 53.4 Å². The summed E-state index contributed by atoms with van der Waals surface area (Å²) in [5.74, 6) is 0.923. The molecule has 2 aliphatic rings. The summed E-state index contributed by atoms with van der Waals surface area (Å²) in [5.41, 5.74) is 3.62. The Morgan fingerprint density at radius 2 is 1.88 bits per heavy atom. The van der Waals surface area contributed by atoms with Crippen LogP contribution >= 0.6 is 0 Å². The van der Waals surface area contributed by atoms with Crippen molar-refractivity contribution in [2.45, 2.75) is 25.0 Å². The molecule has 4 rings (SSSR count). The van der Waals surface area contributed by atoms with Gasteiger partial charge in [0.1, 0.15) is 11.4 Å². The van der Waals surface area contributed by atoms with E-state index in [-0.39, 0.29) is 5.60 Å². The predicted octanol–water partition coefficient (Wildman–Crippen LogP) is 4.14. The maximum atomic E-state index is 6.33. The number of likely N-dealkylation sites (tertiary alicyclic amines) is 1. The minimum atomic E-state index is -0.150. The van der Waals surface area contributed by atoms with Gasteiger partial charge in [-0.25, -0.2) is 0 Å².